The molecule has 0 saturated carbocycles. The number of nitrogens with two attached hydrogens (primary N) is 1. The van der Waals surface area contributed by atoms with Gasteiger partial charge in [-0.05, 0) is 30.3 Å². The summed E-state index contributed by atoms with van der Waals surface area (Å²) in [4.78, 5) is 22.7. The number of nitro benzene ring substituents is 1. The van der Waals surface area contributed by atoms with Crippen LogP contribution in [0.4, 0.5) is 11.4 Å². The maximum absolute atomic E-state index is 12.2. The standard InChI is InChI=1S/C16H11Cl3N6O3S/c17-8-1-3-11(19)10(5-8)15-22-23-16(24(15)20)29-7-14(26)21-12-4-2-9(18)6-13(12)25(27)28/h1-6H,7,20H2,(H,21,26). The van der Waals surface area contributed by atoms with Gasteiger partial charge in [-0.15, -0.1) is 10.2 Å². The van der Waals surface area contributed by atoms with Crippen LogP contribution in [0.15, 0.2) is 41.6 Å². The van der Waals surface area contributed by atoms with Gasteiger partial charge >= 0.3 is 0 Å². The molecule has 0 saturated heterocycles. The number of nitrogens with one attached hydrogen (secondary N) is 1. The second-order valence-electron chi connectivity index (χ2n) is 5.56. The zero-order valence-corrected chi connectivity index (χ0v) is 17.4. The highest BCUT2D eigenvalue weighted by Crippen LogP contribution is 2.31. The molecule has 0 fully saturated rings. The SMILES string of the molecule is Nn1c(SCC(=O)Nc2ccc(Cl)cc2[N+](=O)[O-])nnc1-c1cc(Cl)ccc1Cl. The molecule has 0 radical (unpaired) electrons. The molecular formula is C16H11Cl3N6O3S. The van der Waals surface area contributed by atoms with Gasteiger partial charge in [-0.1, -0.05) is 46.6 Å². The number of nitrogens with zero attached hydrogens (tertiary/aromatic N) is 4. The molecule has 0 bridgehead atoms. The van der Waals surface area contributed by atoms with Gasteiger partial charge in [0.15, 0.2) is 5.82 Å². The van der Waals surface area contributed by atoms with Crippen molar-refractivity contribution in [3.63, 3.8) is 0 Å². The van der Waals surface area contributed by atoms with Crippen LogP contribution in [0.25, 0.3) is 11.4 Å². The summed E-state index contributed by atoms with van der Waals surface area (Å²) in [5.41, 5.74) is 0.212. The molecule has 1 aromatic heterocycles. The molecular weight excluding hydrogens is 463 g/mol. The van der Waals surface area contributed by atoms with Crippen LogP contribution in [0.1, 0.15) is 0 Å². The fraction of sp³-hybridized carbons (Fsp3) is 0.0625. The van der Waals surface area contributed by atoms with Crippen molar-refractivity contribution in [3.05, 3.63) is 61.6 Å². The van der Waals surface area contributed by atoms with Crippen molar-refractivity contribution in [2.75, 3.05) is 16.9 Å². The lowest BCUT2D eigenvalue weighted by Crippen LogP contribution is -2.17. The number of hydrogen-bond acceptors (Lipinski definition) is 7. The first-order valence-corrected chi connectivity index (χ1v) is 9.90. The summed E-state index contributed by atoms with van der Waals surface area (Å²) in [6, 6.07) is 8.77. The first kappa shape index (κ1) is 21.2. The van der Waals surface area contributed by atoms with E-state index in [1.807, 2.05) is 0 Å². The first-order valence-electron chi connectivity index (χ1n) is 7.78. The number of aromatic nitrogens is 3. The van der Waals surface area contributed by atoms with Crippen molar-refractivity contribution in [2.24, 2.45) is 0 Å². The van der Waals surface area contributed by atoms with Gasteiger partial charge in [-0.25, -0.2) is 4.68 Å². The van der Waals surface area contributed by atoms with Gasteiger partial charge in [0.25, 0.3) is 5.69 Å². The van der Waals surface area contributed by atoms with Crippen molar-refractivity contribution < 1.29 is 9.72 Å². The van der Waals surface area contributed by atoms with Crippen LogP contribution in [-0.4, -0.2) is 31.5 Å². The number of carbonyl (C=O) groups excluding carboxylic acids is 1. The third-order valence-corrected chi connectivity index (χ3v) is 5.34. The summed E-state index contributed by atoms with van der Waals surface area (Å²) < 4.78 is 1.18. The Kier molecular flexibility index (Phi) is 6.48. The van der Waals surface area contributed by atoms with Crippen LogP contribution in [0.2, 0.25) is 15.1 Å². The second-order valence-corrected chi connectivity index (χ2v) is 7.78. The van der Waals surface area contributed by atoms with Crippen LogP contribution < -0.4 is 11.2 Å². The molecule has 0 spiro atoms. The van der Waals surface area contributed by atoms with E-state index in [1.54, 1.807) is 18.2 Å². The largest absolute Gasteiger partial charge is 0.335 e. The van der Waals surface area contributed by atoms with Gasteiger partial charge in [0, 0.05) is 21.7 Å². The van der Waals surface area contributed by atoms with E-state index < -0.39 is 10.8 Å². The van der Waals surface area contributed by atoms with E-state index >= 15 is 0 Å². The molecule has 1 heterocycles. The fourth-order valence-corrected chi connectivity index (χ4v) is 3.50. The number of rotatable bonds is 6. The minimum Gasteiger partial charge on any atom is -0.335 e. The van der Waals surface area contributed by atoms with Crippen LogP contribution in [-0.2, 0) is 4.79 Å². The van der Waals surface area contributed by atoms with Crippen molar-refractivity contribution >= 4 is 63.8 Å². The van der Waals surface area contributed by atoms with Crippen LogP contribution in [0.3, 0.4) is 0 Å². The number of hydrogen-bond donors (Lipinski definition) is 2. The third kappa shape index (κ3) is 4.91. The molecule has 0 aliphatic heterocycles. The number of carbonyl (C=O) groups is 1. The lowest BCUT2D eigenvalue weighted by molar-refractivity contribution is -0.383. The van der Waals surface area contributed by atoms with Gasteiger partial charge in [-0.2, -0.15) is 0 Å². The number of benzene rings is 2. The molecule has 2 aromatic carbocycles. The summed E-state index contributed by atoms with van der Waals surface area (Å²) in [6.07, 6.45) is 0. The second kappa shape index (κ2) is 8.87. The minimum absolute atomic E-state index is 0.0330. The van der Waals surface area contributed by atoms with Gasteiger partial charge in [-0.3, -0.25) is 14.9 Å². The molecule has 0 aliphatic carbocycles. The van der Waals surface area contributed by atoms with Crippen LogP contribution in [0.5, 0.6) is 0 Å². The van der Waals surface area contributed by atoms with Crippen molar-refractivity contribution in [1.82, 2.24) is 14.9 Å². The van der Waals surface area contributed by atoms with E-state index in [-0.39, 0.29) is 33.1 Å². The molecule has 3 rings (SSSR count). The van der Waals surface area contributed by atoms with Crippen molar-refractivity contribution in [2.45, 2.75) is 5.16 Å². The maximum Gasteiger partial charge on any atom is 0.294 e. The molecule has 13 heteroatoms. The van der Waals surface area contributed by atoms with Gasteiger partial charge < -0.3 is 11.2 Å². The van der Waals surface area contributed by atoms with Gasteiger partial charge in [0.05, 0.1) is 15.7 Å². The summed E-state index contributed by atoms with van der Waals surface area (Å²) in [5, 5.41) is 22.8. The van der Waals surface area contributed by atoms with E-state index in [2.05, 4.69) is 15.5 Å². The number of anilines is 1. The first-order chi connectivity index (χ1) is 13.8. The summed E-state index contributed by atoms with van der Waals surface area (Å²) in [7, 11) is 0. The van der Waals surface area contributed by atoms with Crippen LogP contribution >= 0.6 is 46.6 Å². The van der Waals surface area contributed by atoms with Gasteiger partial charge in [0.2, 0.25) is 11.1 Å². The van der Waals surface area contributed by atoms with E-state index in [9.17, 15) is 14.9 Å². The number of thioether (sulfide) groups is 1. The molecule has 3 N–H and O–H groups in total. The monoisotopic (exact) mass is 472 g/mol. The van der Waals surface area contributed by atoms with Crippen LogP contribution in [0, 0.1) is 10.1 Å². The van der Waals surface area contributed by atoms with E-state index in [0.29, 0.717) is 15.6 Å². The molecule has 29 heavy (non-hydrogen) atoms. The highest BCUT2D eigenvalue weighted by atomic mass is 35.5. The topological polar surface area (TPSA) is 129 Å². The third-order valence-electron chi connectivity index (χ3n) is 3.60. The minimum atomic E-state index is -0.633. The van der Waals surface area contributed by atoms with Crippen molar-refractivity contribution in [3.8, 4) is 11.4 Å². The Morgan fingerprint density at radius 2 is 1.86 bits per heavy atom. The van der Waals surface area contributed by atoms with Gasteiger partial charge in [0.1, 0.15) is 5.69 Å². The Labute approximate surface area is 183 Å². The Bertz CT molecular complexity index is 1110. The van der Waals surface area contributed by atoms with E-state index in [0.717, 1.165) is 17.8 Å². The Morgan fingerprint density at radius 3 is 2.59 bits per heavy atom. The maximum atomic E-state index is 12.2. The summed E-state index contributed by atoms with van der Waals surface area (Å²) in [5.74, 6) is 5.67. The molecule has 0 atom stereocenters. The Balaban J connectivity index is 1.71. The summed E-state index contributed by atoms with van der Waals surface area (Å²) in [6.45, 7) is 0. The number of halogens is 3. The summed E-state index contributed by atoms with van der Waals surface area (Å²) >= 11 is 18.9. The molecule has 0 aliphatic rings. The average molecular weight is 474 g/mol. The average Bonchev–Trinajstić information content (AvgIpc) is 3.03. The lowest BCUT2D eigenvalue weighted by Gasteiger charge is -2.07. The predicted molar refractivity (Wildman–Crippen MR) is 113 cm³/mol. The smallest absolute Gasteiger partial charge is 0.294 e. The zero-order valence-electron chi connectivity index (χ0n) is 14.3. The van der Waals surface area contributed by atoms with E-state index in [1.165, 1.54) is 16.8 Å². The number of nitrogen functional groups attached to an aromatic ring is 1. The zero-order chi connectivity index (χ0) is 21.1. The van der Waals surface area contributed by atoms with Crippen molar-refractivity contribution in [1.29, 1.82) is 0 Å². The molecule has 150 valence electrons. The quantitative estimate of drug-likeness (QED) is 0.237. The highest BCUT2D eigenvalue weighted by molar-refractivity contribution is 7.99. The molecule has 1 amide bonds. The predicted octanol–water partition coefficient (Wildman–Crippen LogP) is 4.26. The fourth-order valence-electron chi connectivity index (χ4n) is 2.31. The Morgan fingerprint density at radius 1 is 1.17 bits per heavy atom. The molecule has 9 nitrogen and oxygen atoms in total. The number of amides is 1. The lowest BCUT2D eigenvalue weighted by atomic mass is 10.2. The highest BCUT2D eigenvalue weighted by Gasteiger charge is 2.19. The van der Waals surface area contributed by atoms with E-state index in [4.69, 9.17) is 40.6 Å². The normalized spacial score (nSPS) is 10.7. The Hall–Kier alpha value is -2.53. The number of nitro groups is 1. The molecule has 0 unspecified atom stereocenters. The molecule has 3 aromatic rings.